The van der Waals surface area contributed by atoms with Gasteiger partial charge in [-0.1, -0.05) is 38.1 Å². The summed E-state index contributed by atoms with van der Waals surface area (Å²) in [5.74, 6) is 3.66. The normalized spacial score (nSPS) is 23.8. The summed E-state index contributed by atoms with van der Waals surface area (Å²) in [5, 5.41) is 4.33. The molecule has 2 atom stereocenters. The molecule has 0 amide bonds. The molecule has 0 saturated carbocycles. The van der Waals surface area contributed by atoms with Crippen LogP contribution in [0.15, 0.2) is 29.3 Å². The molecule has 0 radical (unpaired) electrons. The first kappa shape index (κ1) is 18.9. The summed E-state index contributed by atoms with van der Waals surface area (Å²) in [4.78, 5) is 6.95. The maximum Gasteiger partial charge on any atom is 0.193 e. The highest BCUT2D eigenvalue weighted by Crippen LogP contribution is 2.34. The molecule has 128 valence electrons. The van der Waals surface area contributed by atoms with E-state index >= 15 is 0 Å². The van der Waals surface area contributed by atoms with E-state index < -0.39 is 0 Å². The average Bonchev–Trinajstić information content (AvgIpc) is 2.52. The third-order valence-electron chi connectivity index (χ3n) is 4.82. The molecule has 1 N–H and O–H groups in total. The molecule has 0 spiro atoms. The zero-order valence-corrected chi connectivity index (χ0v) is 17.4. The Hall–Kier alpha value is -0.430. The van der Waals surface area contributed by atoms with Gasteiger partial charge in [-0.15, -0.1) is 24.0 Å². The number of guanidine groups is 1. The van der Waals surface area contributed by atoms with Gasteiger partial charge in [0, 0.05) is 43.6 Å². The molecule has 1 saturated heterocycles. The number of hydrogen-bond acceptors (Lipinski definition) is 2. The van der Waals surface area contributed by atoms with Gasteiger partial charge in [0.05, 0.1) is 0 Å². The average molecular weight is 445 g/mol. The highest BCUT2D eigenvalue weighted by atomic mass is 127. The molecule has 0 bridgehead atoms. The third-order valence-corrected chi connectivity index (χ3v) is 6.36. The molecule has 1 aliphatic heterocycles. The number of nitrogens with zero attached hydrogens (tertiary/aromatic N) is 2. The number of rotatable bonds is 3. The first-order chi connectivity index (χ1) is 10.7. The van der Waals surface area contributed by atoms with Crippen molar-refractivity contribution in [2.45, 2.75) is 31.4 Å². The Bertz CT molecular complexity index is 547. The summed E-state index contributed by atoms with van der Waals surface area (Å²) in [6, 6.07) is 8.80. The van der Waals surface area contributed by atoms with Crippen molar-refractivity contribution in [3.8, 4) is 0 Å². The van der Waals surface area contributed by atoms with E-state index in [0.29, 0.717) is 5.92 Å². The molecule has 3 rings (SSSR count). The van der Waals surface area contributed by atoms with Crippen molar-refractivity contribution in [1.82, 2.24) is 10.2 Å². The minimum absolute atomic E-state index is 0. The van der Waals surface area contributed by atoms with Gasteiger partial charge in [0.15, 0.2) is 5.96 Å². The van der Waals surface area contributed by atoms with Crippen molar-refractivity contribution >= 4 is 41.7 Å². The first-order valence-electron chi connectivity index (χ1n) is 8.34. The van der Waals surface area contributed by atoms with Crippen LogP contribution in [0.1, 0.15) is 30.9 Å². The number of benzene rings is 1. The predicted molar refractivity (Wildman–Crippen MR) is 112 cm³/mol. The smallest absolute Gasteiger partial charge is 0.193 e. The lowest BCUT2D eigenvalue weighted by atomic mass is 9.78. The lowest BCUT2D eigenvalue weighted by Gasteiger charge is -2.37. The molecule has 2 aliphatic rings. The molecular formula is C18H28IN3S. The monoisotopic (exact) mass is 445 g/mol. The number of thioether (sulfide) groups is 1. The Labute approximate surface area is 161 Å². The Kier molecular flexibility index (Phi) is 7.07. The van der Waals surface area contributed by atoms with Crippen molar-refractivity contribution in [1.29, 1.82) is 0 Å². The maximum absolute atomic E-state index is 4.51. The van der Waals surface area contributed by atoms with E-state index in [-0.39, 0.29) is 24.0 Å². The Morgan fingerprint density at radius 2 is 2.17 bits per heavy atom. The van der Waals surface area contributed by atoms with Gasteiger partial charge < -0.3 is 10.2 Å². The Balaban J connectivity index is 0.00000192. The fourth-order valence-corrected chi connectivity index (χ4v) is 4.66. The summed E-state index contributed by atoms with van der Waals surface area (Å²) >= 11 is 2.11. The van der Waals surface area contributed by atoms with E-state index in [4.69, 9.17) is 0 Å². The van der Waals surface area contributed by atoms with Crippen LogP contribution in [0.5, 0.6) is 0 Å². The van der Waals surface area contributed by atoms with Crippen LogP contribution >= 0.6 is 35.7 Å². The second-order valence-corrected chi connectivity index (χ2v) is 7.97. The lowest BCUT2D eigenvalue weighted by molar-refractivity contribution is 0.378. The molecule has 3 nitrogen and oxygen atoms in total. The lowest BCUT2D eigenvalue weighted by Crippen LogP contribution is -2.50. The molecule has 1 heterocycles. The third kappa shape index (κ3) is 4.35. The largest absolute Gasteiger partial charge is 0.356 e. The number of aliphatic imine (C=N–C) groups is 1. The van der Waals surface area contributed by atoms with Gasteiger partial charge in [-0.3, -0.25) is 4.99 Å². The molecule has 1 fully saturated rings. The topological polar surface area (TPSA) is 27.6 Å². The van der Waals surface area contributed by atoms with Crippen LogP contribution in [0.3, 0.4) is 0 Å². The number of nitrogens with one attached hydrogen (secondary N) is 1. The minimum Gasteiger partial charge on any atom is -0.356 e. The van der Waals surface area contributed by atoms with Crippen LogP contribution in [-0.2, 0) is 6.42 Å². The Morgan fingerprint density at radius 3 is 2.87 bits per heavy atom. The molecule has 5 heteroatoms. The van der Waals surface area contributed by atoms with Crippen LogP contribution in [0.25, 0.3) is 0 Å². The van der Waals surface area contributed by atoms with E-state index in [2.05, 4.69) is 65.1 Å². The van der Waals surface area contributed by atoms with Crippen molar-refractivity contribution in [3.63, 3.8) is 0 Å². The highest BCUT2D eigenvalue weighted by Gasteiger charge is 2.28. The van der Waals surface area contributed by atoms with Crippen molar-refractivity contribution < 1.29 is 0 Å². The summed E-state index contributed by atoms with van der Waals surface area (Å²) < 4.78 is 0. The van der Waals surface area contributed by atoms with Crippen LogP contribution in [0.4, 0.5) is 0 Å². The molecule has 1 aliphatic carbocycles. The highest BCUT2D eigenvalue weighted by molar-refractivity contribution is 14.0. The molecule has 1 aromatic rings. The second-order valence-electron chi connectivity index (χ2n) is 6.63. The SMILES string of the molecule is CN=C(NCC1Cc2ccccc21)N1CCSC(C(C)C)C1.I. The zero-order chi connectivity index (χ0) is 15.5. The van der Waals surface area contributed by atoms with Crippen LogP contribution in [0.2, 0.25) is 0 Å². The molecular weight excluding hydrogens is 417 g/mol. The van der Waals surface area contributed by atoms with Gasteiger partial charge in [0.25, 0.3) is 0 Å². The van der Waals surface area contributed by atoms with Gasteiger partial charge >= 0.3 is 0 Å². The van der Waals surface area contributed by atoms with Crippen LogP contribution in [0, 0.1) is 5.92 Å². The number of halogens is 1. The number of fused-ring (bicyclic) bond motifs is 1. The Morgan fingerprint density at radius 1 is 1.39 bits per heavy atom. The van der Waals surface area contributed by atoms with Crippen molar-refractivity contribution in [2.24, 2.45) is 10.9 Å². The van der Waals surface area contributed by atoms with E-state index in [0.717, 1.165) is 36.8 Å². The van der Waals surface area contributed by atoms with E-state index in [1.165, 1.54) is 23.3 Å². The fraction of sp³-hybridized carbons (Fsp3) is 0.611. The van der Waals surface area contributed by atoms with Gasteiger partial charge in [-0.25, -0.2) is 0 Å². The van der Waals surface area contributed by atoms with Crippen molar-refractivity contribution in [2.75, 3.05) is 32.4 Å². The van der Waals surface area contributed by atoms with Gasteiger partial charge in [-0.2, -0.15) is 11.8 Å². The fourth-order valence-electron chi connectivity index (χ4n) is 3.36. The second kappa shape index (κ2) is 8.60. The summed E-state index contributed by atoms with van der Waals surface area (Å²) in [6.07, 6.45) is 1.20. The minimum atomic E-state index is 0. The van der Waals surface area contributed by atoms with Gasteiger partial charge in [-0.05, 0) is 23.5 Å². The quantitative estimate of drug-likeness (QED) is 0.438. The molecule has 2 unspecified atom stereocenters. The zero-order valence-electron chi connectivity index (χ0n) is 14.3. The standard InChI is InChI=1S/C18H27N3S.HI/c1-13(2)17-12-21(8-9-22-17)18(19-3)20-11-15-10-14-6-4-5-7-16(14)15;/h4-7,13,15,17H,8-12H2,1-3H3,(H,19,20);1H. The first-order valence-corrected chi connectivity index (χ1v) is 9.39. The van der Waals surface area contributed by atoms with Crippen LogP contribution < -0.4 is 5.32 Å². The van der Waals surface area contributed by atoms with Crippen molar-refractivity contribution in [3.05, 3.63) is 35.4 Å². The predicted octanol–water partition coefficient (Wildman–Crippen LogP) is 3.59. The van der Waals surface area contributed by atoms with Gasteiger partial charge in [0.2, 0.25) is 0 Å². The van der Waals surface area contributed by atoms with E-state index in [9.17, 15) is 0 Å². The maximum atomic E-state index is 4.51. The number of hydrogen-bond donors (Lipinski definition) is 1. The summed E-state index contributed by atoms with van der Waals surface area (Å²) in [7, 11) is 1.91. The van der Waals surface area contributed by atoms with Gasteiger partial charge in [0.1, 0.15) is 0 Å². The molecule has 0 aromatic heterocycles. The molecule has 23 heavy (non-hydrogen) atoms. The van der Waals surface area contributed by atoms with Crippen LogP contribution in [-0.4, -0.2) is 48.5 Å². The summed E-state index contributed by atoms with van der Waals surface area (Å²) in [6.45, 7) is 7.86. The summed E-state index contributed by atoms with van der Waals surface area (Å²) in [5.41, 5.74) is 3.03. The molecule has 1 aromatic carbocycles. The van der Waals surface area contributed by atoms with E-state index in [1.54, 1.807) is 0 Å². The van der Waals surface area contributed by atoms with E-state index in [1.807, 2.05) is 7.05 Å².